The number of ether oxygens (including phenoxy) is 1. The summed E-state index contributed by atoms with van der Waals surface area (Å²) in [5, 5.41) is 0. The van der Waals surface area contributed by atoms with Crippen LogP contribution in [0.1, 0.15) is 50.7 Å². The molecule has 2 rings (SSSR count). The molecule has 132 valence electrons. The van der Waals surface area contributed by atoms with Crippen molar-refractivity contribution in [2.45, 2.75) is 45.1 Å². The first-order valence-corrected chi connectivity index (χ1v) is 8.41. The third kappa shape index (κ3) is 4.42. The molecule has 5 nitrogen and oxygen atoms in total. The van der Waals surface area contributed by atoms with E-state index in [0.29, 0.717) is 37.1 Å². The first-order chi connectivity index (χ1) is 11.2. The Labute approximate surface area is 147 Å². The maximum Gasteiger partial charge on any atom is 0.410 e. The van der Waals surface area contributed by atoms with E-state index in [4.69, 9.17) is 22.8 Å². The van der Waals surface area contributed by atoms with E-state index >= 15 is 0 Å². The molecule has 0 atom stereocenters. The molecular weight excluding hydrogens is 329 g/mol. The van der Waals surface area contributed by atoms with Crippen LogP contribution in [-0.2, 0) is 4.74 Å². The number of thiocarbonyl (C=S) groups is 1. The number of hydrazine groups is 1. The number of nitrogens with one attached hydrogen (secondary N) is 1. The van der Waals surface area contributed by atoms with Gasteiger partial charge in [-0.3, -0.25) is 0 Å². The van der Waals surface area contributed by atoms with Gasteiger partial charge in [0.05, 0.1) is 0 Å². The molecule has 1 aliphatic heterocycles. The van der Waals surface area contributed by atoms with E-state index in [1.165, 1.54) is 0 Å². The Morgan fingerprint density at radius 1 is 1.38 bits per heavy atom. The van der Waals surface area contributed by atoms with Crippen LogP contribution in [-0.4, -0.2) is 34.7 Å². The van der Waals surface area contributed by atoms with E-state index in [2.05, 4.69) is 5.43 Å². The number of carbonyl (C=O) groups excluding carboxylic acids is 1. The third-order valence-electron chi connectivity index (χ3n) is 3.99. The Kier molecular flexibility index (Phi) is 5.77. The van der Waals surface area contributed by atoms with Gasteiger partial charge in [0.1, 0.15) is 16.4 Å². The molecule has 0 radical (unpaired) electrons. The number of benzene rings is 1. The van der Waals surface area contributed by atoms with E-state index in [-0.39, 0.29) is 22.8 Å². The van der Waals surface area contributed by atoms with Crippen molar-refractivity contribution in [2.24, 2.45) is 5.84 Å². The number of hydrogen-bond acceptors (Lipinski definition) is 4. The lowest BCUT2D eigenvalue weighted by Crippen LogP contribution is -2.41. The number of likely N-dealkylation sites (tertiary alicyclic amines) is 1. The smallest absolute Gasteiger partial charge is 0.410 e. The lowest BCUT2D eigenvalue weighted by Gasteiger charge is -2.33. The topological polar surface area (TPSA) is 67.6 Å². The van der Waals surface area contributed by atoms with Crippen LogP contribution in [0.15, 0.2) is 18.2 Å². The van der Waals surface area contributed by atoms with E-state index in [9.17, 15) is 9.18 Å². The van der Waals surface area contributed by atoms with Gasteiger partial charge in [-0.2, -0.15) is 0 Å². The third-order valence-corrected chi connectivity index (χ3v) is 4.33. The highest BCUT2D eigenvalue weighted by Gasteiger charge is 2.29. The molecule has 7 heteroatoms. The highest BCUT2D eigenvalue weighted by Crippen LogP contribution is 2.31. The molecule has 0 bridgehead atoms. The minimum atomic E-state index is -0.515. The fourth-order valence-corrected chi connectivity index (χ4v) is 2.98. The Bertz CT molecular complexity index is 623. The summed E-state index contributed by atoms with van der Waals surface area (Å²) in [5.41, 5.74) is 2.73. The van der Waals surface area contributed by atoms with Gasteiger partial charge in [0.25, 0.3) is 0 Å². The summed E-state index contributed by atoms with van der Waals surface area (Å²) >= 11 is 5.03. The molecule has 1 fully saturated rings. The zero-order valence-electron chi connectivity index (χ0n) is 14.3. The van der Waals surface area contributed by atoms with Crippen LogP contribution >= 0.6 is 12.2 Å². The van der Waals surface area contributed by atoms with Gasteiger partial charge in [-0.1, -0.05) is 24.4 Å². The summed E-state index contributed by atoms with van der Waals surface area (Å²) in [6.45, 7) is 6.61. The predicted octanol–water partition coefficient (Wildman–Crippen LogP) is 3.08. The van der Waals surface area contributed by atoms with Gasteiger partial charge in [-0.15, -0.1) is 0 Å². The van der Waals surface area contributed by atoms with Gasteiger partial charge >= 0.3 is 6.09 Å². The number of nitrogens with two attached hydrogens (primary N) is 1. The van der Waals surface area contributed by atoms with E-state index in [1.807, 2.05) is 20.8 Å². The van der Waals surface area contributed by atoms with Gasteiger partial charge in [-0.05, 0) is 51.2 Å². The number of amides is 1. The number of carbonyl (C=O) groups is 1. The summed E-state index contributed by atoms with van der Waals surface area (Å²) in [6, 6.07) is 5.15. The molecule has 1 aromatic rings. The Morgan fingerprint density at radius 2 is 2.00 bits per heavy atom. The fraction of sp³-hybridized carbons (Fsp3) is 0.529. The van der Waals surface area contributed by atoms with E-state index in [0.717, 1.165) is 0 Å². The maximum absolute atomic E-state index is 14.7. The molecule has 1 amide bonds. The molecule has 1 saturated heterocycles. The zero-order chi connectivity index (χ0) is 17.9. The second-order valence-electron chi connectivity index (χ2n) is 6.92. The van der Waals surface area contributed by atoms with E-state index in [1.54, 1.807) is 23.1 Å². The monoisotopic (exact) mass is 353 g/mol. The van der Waals surface area contributed by atoms with Crippen LogP contribution in [0.3, 0.4) is 0 Å². The van der Waals surface area contributed by atoms with Gasteiger partial charge in [0.2, 0.25) is 0 Å². The fourth-order valence-electron chi connectivity index (χ4n) is 2.82. The van der Waals surface area contributed by atoms with Crippen LogP contribution in [0.2, 0.25) is 0 Å². The Balaban J connectivity index is 2.05. The first-order valence-electron chi connectivity index (χ1n) is 8.00. The summed E-state index contributed by atoms with van der Waals surface area (Å²) < 4.78 is 20.1. The van der Waals surface area contributed by atoms with Crippen LogP contribution < -0.4 is 11.3 Å². The molecular formula is C17H24FN3O2S. The number of hydrogen-bond donors (Lipinski definition) is 2. The standard InChI is InChI=1S/C17H24FN3O2S/c1-17(2,3)23-16(22)21-9-7-11(8-10-21)12-5-4-6-13(14(12)18)15(24)20-19/h4-6,11H,7-10,19H2,1-3H3,(H,20,24). The molecule has 24 heavy (non-hydrogen) atoms. The van der Waals surface area contributed by atoms with Crippen LogP contribution in [0, 0.1) is 5.82 Å². The molecule has 0 saturated carbocycles. The number of nitrogens with zero attached hydrogens (tertiary/aromatic N) is 1. The minimum absolute atomic E-state index is 0.0456. The van der Waals surface area contributed by atoms with Crippen LogP contribution in [0.5, 0.6) is 0 Å². The minimum Gasteiger partial charge on any atom is -0.444 e. The zero-order valence-corrected chi connectivity index (χ0v) is 15.1. The number of halogens is 1. The first kappa shape index (κ1) is 18.6. The maximum atomic E-state index is 14.7. The van der Waals surface area contributed by atoms with Crippen molar-refractivity contribution in [1.82, 2.24) is 10.3 Å². The van der Waals surface area contributed by atoms with Crippen molar-refractivity contribution in [2.75, 3.05) is 13.1 Å². The summed E-state index contributed by atoms with van der Waals surface area (Å²) in [4.78, 5) is 14.0. The van der Waals surface area contributed by atoms with Crippen molar-refractivity contribution in [3.8, 4) is 0 Å². The number of piperidine rings is 1. The quantitative estimate of drug-likeness (QED) is 0.486. The van der Waals surface area contributed by atoms with Crippen LogP contribution in [0.4, 0.5) is 9.18 Å². The highest BCUT2D eigenvalue weighted by molar-refractivity contribution is 7.80. The lowest BCUT2D eigenvalue weighted by molar-refractivity contribution is 0.0204. The summed E-state index contributed by atoms with van der Waals surface area (Å²) in [7, 11) is 0. The van der Waals surface area contributed by atoms with Gasteiger partial charge < -0.3 is 15.1 Å². The average Bonchev–Trinajstić information content (AvgIpc) is 2.53. The lowest BCUT2D eigenvalue weighted by atomic mass is 9.88. The highest BCUT2D eigenvalue weighted by atomic mass is 32.1. The largest absolute Gasteiger partial charge is 0.444 e. The van der Waals surface area contributed by atoms with Gasteiger partial charge in [0.15, 0.2) is 0 Å². The predicted molar refractivity (Wildman–Crippen MR) is 95.2 cm³/mol. The molecule has 0 unspecified atom stereocenters. The Morgan fingerprint density at radius 3 is 2.54 bits per heavy atom. The van der Waals surface area contributed by atoms with Gasteiger partial charge in [-0.25, -0.2) is 15.0 Å². The van der Waals surface area contributed by atoms with Gasteiger partial charge in [0, 0.05) is 18.7 Å². The van der Waals surface area contributed by atoms with Crippen molar-refractivity contribution in [3.63, 3.8) is 0 Å². The second kappa shape index (κ2) is 7.44. The molecule has 1 heterocycles. The molecule has 0 aliphatic carbocycles. The van der Waals surface area contributed by atoms with Crippen molar-refractivity contribution >= 4 is 23.3 Å². The summed E-state index contributed by atoms with van der Waals surface area (Å²) in [6.07, 6.45) is 1.05. The van der Waals surface area contributed by atoms with Crippen molar-refractivity contribution < 1.29 is 13.9 Å². The van der Waals surface area contributed by atoms with E-state index < -0.39 is 5.60 Å². The summed E-state index contributed by atoms with van der Waals surface area (Å²) in [5.74, 6) is 5.00. The molecule has 1 aliphatic rings. The molecule has 0 spiro atoms. The SMILES string of the molecule is CC(C)(C)OC(=O)N1CCC(c2cccc(C(=S)NN)c2F)CC1. The molecule has 3 N–H and O–H groups in total. The second-order valence-corrected chi connectivity index (χ2v) is 7.33. The van der Waals surface area contributed by atoms with Crippen LogP contribution in [0.25, 0.3) is 0 Å². The van der Waals surface area contributed by atoms with Crippen molar-refractivity contribution in [3.05, 3.63) is 35.1 Å². The normalized spacial score (nSPS) is 16.0. The Hall–Kier alpha value is -1.73. The molecule has 0 aromatic heterocycles. The molecule has 1 aromatic carbocycles. The average molecular weight is 353 g/mol. The van der Waals surface area contributed by atoms with Crippen molar-refractivity contribution in [1.29, 1.82) is 0 Å². The number of rotatable bonds is 2.